The molecule has 0 saturated carbocycles. The Morgan fingerprint density at radius 3 is 2.67 bits per heavy atom. The second kappa shape index (κ2) is 7.62. The van der Waals surface area contributed by atoms with Crippen molar-refractivity contribution in [2.75, 3.05) is 31.2 Å². The van der Waals surface area contributed by atoms with Crippen molar-refractivity contribution in [1.29, 1.82) is 0 Å². The highest BCUT2D eigenvalue weighted by molar-refractivity contribution is 7.88. The highest BCUT2D eigenvalue weighted by Gasteiger charge is 2.34. The average molecular weight is 357 g/mol. The third kappa shape index (κ3) is 5.29. The number of likely N-dealkylation sites (tertiary alicyclic amines) is 1. The Bertz CT molecular complexity index is 685. The molecule has 136 valence electrons. The SMILES string of the molecule is CCC[C@@H]1CN(CC(=O)Nc2cn(C)nc2C)C[C@H]1NS(C)(=O)=O. The quantitative estimate of drug-likeness (QED) is 0.732. The zero-order chi connectivity index (χ0) is 17.9. The molecule has 1 aliphatic heterocycles. The van der Waals surface area contributed by atoms with E-state index in [2.05, 4.69) is 22.1 Å². The Labute approximate surface area is 143 Å². The molecule has 2 atom stereocenters. The van der Waals surface area contributed by atoms with Crippen molar-refractivity contribution in [2.45, 2.75) is 32.7 Å². The topological polar surface area (TPSA) is 96.3 Å². The first-order valence-electron chi connectivity index (χ1n) is 8.17. The number of aromatic nitrogens is 2. The normalized spacial score (nSPS) is 22.0. The van der Waals surface area contributed by atoms with Gasteiger partial charge in [0.1, 0.15) is 0 Å². The number of hydrogen-bond acceptors (Lipinski definition) is 5. The molecule has 0 aliphatic carbocycles. The van der Waals surface area contributed by atoms with E-state index in [1.807, 2.05) is 11.8 Å². The fourth-order valence-corrected chi connectivity index (χ4v) is 4.09. The van der Waals surface area contributed by atoms with Crippen LogP contribution < -0.4 is 10.0 Å². The fourth-order valence-electron chi connectivity index (χ4n) is 3.28. The van der Waals surface area contributed by atoms with Gasteiger partial charge in [-0.15, -0.1) is 0 Å². The van der Waals surface area contributed by atoms with Crippen molar-refractivity contribution in [3.8, 4) is 0 Å². The first kappa shape index (κ1) is 18.9. The molecule has 1 aliphatic rings. The summed E-state index contributed by atoms with van der Waals surface area (Å²) in [6, 6.07) is -0.132. The van der Waals surface area contributed by atoms with E-state index in [0.29, 0.717) is 12.2 Å². The van der Waals surface area contributed by atoms with E-state index in [1.54, 1.807) is 17.9 Å². The van der Waals surface area contributed by atoms with Crippen molar-refractivity contribution in [2.24, 2.45) is 13.0 Å². The van der Waals surface area contributed by atoms with Crippen LogP contribution in [-0.4, -0.2) is 60.9 Å². The van der Waals surface area contributed by atoms with E-state index in [-0.39, 0.29) is 24.4 Å². The van der Waals surface area contributed by atoms with Crippen molar-refractivity contribution in [3.05, 3.63) is 11.9 Å². The standard InChI is InChI=1S/C15H27N5O3S/c1-5-6-12-7-20(9-14(12)18-24(4,22)23)10-15(21)16-13-8-19(3)17-11(13)2/h8,12,14,18H,5-7,9-10H2,1-4H3,(H,16,21)/t12-,14-/m1/s1. The minimum absolute atomic E-state index is 0.110. The van der Waals surface area contributed by atoms with Gasteiger partial charge in [0, 0.05) is 32.4 Å². The molecule has 1 saturated heterocycles. The average Bonchev–Trinajstić information content (AvgIpc) is 2.92. The molecular weight excluding hydrogens is 330 g/mol. The van der Waals surface area contributed by atoms with Gasteiger partial charge in [0.15, 0.2) is 0 Å². The van der Waals surface area contributed by atoms with Crippen LogP contribution in [0.3, 0.4) is 0 Å². The molecule has 2 rings (SSSR count). The highest BCUT2D eigenvalue weighted by atomic mass is 32.2. The summed E-state index contributed by atoms with van der Waals surface area (Å²) in [5.74, 6) is 0.124. The molecule has 2 heterocycles. The third-order valence-corrected chi connectivity index (χ3v) is 4.93. The number of amides is 1. The molecular formula is C15H27N5O3S. The number of sulfonamides is 1. The van der Waals surface area contributed by atoms with Gasteiger partial charge in [-0.25, -0.2) is 13.1 Å². The van der Waals surface area contributed by atoms with E-state index < -0.39 is 10.0 Å². The lowest BCUT2D eigenvalue weighted by atomic mass is 9.99. The van der Waals surface area contributed by atoms with E-state index in [1.165, 1.54) is 6.26 Å². The maximum atomic E-state index is 12.3. The lowest BCUT2D eigenvalue weighted by molar-refractivity contribution is -0.117. The Morgan fingerprint density at radius 2 is 2.12 bits per heavy atom. The molecule has 9 heteroatoms. The maximum absolute atomic E-state index is 12.3. The fraction of sp³-hybridized carbons (Fsp3) is 0.733. The van der Waals surface area contributed by atoms with Crippen LogP contribution in [-0.2, 0) is 21.9 Å². The van der Waals surface area contributed by atoms with Gasteiger partial charge in [-0.2, -0.15) is 5.10 Å². The van der Waals surface area contributed by atoms with Crippen molar-refractivity contribution in [1.82, 2.24) is 19.4 Å². The smallest absolute Gasteiger partial charge is 0.238 e. The molecule has 0 aromatic carbocycles. The Balaban J connectivity index is 1.94. The summed E-state index contributed by atoms with van der Waals surface area (Å²) in [7, 11) is -1.44. The number of hydrogen-bond donors (Lipinski definition) is 2. The molecule has 24 heavy (non-hydrogen) atoms. The van der Waals surface area contributed by atoms with Gasteiger partial charge in [-0.3, -0.25) is 14.4 Å². The van der Waals surface area contributed by atoms with Crippen molar-refractivity contribution >= 4 is 21.6 Å². The van der Waals surface area contributed by atoms with E-state index in [0.717, 1.165) is 25.1 Å². The molecule has 0 spiro atoms. The second-order valence-electron chi connectivity index (χ2n) is 6.59. The molecule has 1 fully saturated rings. The summed E-state index contributed by atoms with van der Waals surface area (Å²) >= 11 is 0. The van der Waals surface area contributed by atoms with Crippen molar-refractivity contribution < 1.29 is 13.2 Å². The molecule has 1 aromatic heterocycles. The largest absolute Gasteiger partial charge is 0.322 e. The van der Waals surface area contributed by atoms with Crippen molar-refractivity contribution in [3.63, 3.8) is 0 Å². The first-order chi connectivity index (χ1) is 11.2. The second-order valence-corrected chi connectivity index (χ2v) is 8.37. The summed E-state index contributed by atoms with van der Waals surface area (Å²) in [5.41, 5.74) is 1.48. The molecule has 2 N–H and O–H groups in total. The summed E-state index contributed by atoms with van der Waals surface area (Å²) in [4.78, 5) is 14.3. The van der Waals surface area contributed by atoms with Gasteiger partial charge in [0.2, 0.25) is 15.9 Å². The molecule has 0 radical (unpaired) electrons. The van der Waals surface area contributed by atoms with E-state index >= 15 is 0 Å². The van der Waals surface area contributed by atoms with Crippen LogP contribution in [0, 0.1) is 12.8 Å². The lowest BCUT2D eigenvalue weighted by Gasteiger charge is -2.17. The number of carbonyl (C=O) groups excluding carboxylic acids is 1. The van der Waals surface area contributed by atoms with E-state index in [9.17, 15) is 13.2 Å². The summed E-state index contributed by atoms with van der Waals surface area (Å²) in [5, 5.41) is 7.06. The van der Waals surface area contributed by atoms with Gasteiger partial charge < -0.3 is 5.32 Å². The van der Waals surface area contributed by atoms with Crippen LogP contribution in [0.4, 0.5) is 5.69 Å². The van der Waals surface area contributed by atoms with Crippen LogP contribution in [0.15, 0.2) is 6.20 Å². The predicted octanol–water partition coefficient (Wildman–Crippen LogP) is 0.317. The summed E-state index contributed by atoms with van der Waals surface area (Å²) in [6.45, 7) is 5.45. The van der Waals surface area contributed by atoms with Gasteiger partial charge in [-0.1, -0.05) is 13.3 Å². The number of rotatable bonds is 7. The van der Waals surface area contributed by atoms with E-state index in [4.69, 9.17) is 0 Å². The Morgan fingerprint density at radius 1 is 1.42 bits per heavy atom. The zero-order valence-corrected chi connectivity index (χ0v) is 15.6. The molecule has 8 nitrogen and oxygen atoms in total. The van der Waals surface area contributed by atoms with Gasteiger partial charge in [-0.05, 0) is 19.3 Å². The third-order valence-electron chi connectivity index (χ3n) is 4.20. The summed E-state index contributed by atoms with van der Waals surface area (Å²) < 4.78 is 27.4. The molecule has 1 amide bonds. The van der Waals surface area contributed by atoms with Crippen LogP contribution in [0.1, 0.15) is 25.5 Å². The predicted molar refractivity (Wildman–Crippen MR) is 93.2 cm³/mol. The molecule has 0 unspecified atom stereocenters. The minimum Gasteiger partial charge on any atom is -0.322 e. The minimum atomic E-state index is -3.25. The Hall–Kier alpha value is -1.45. The lowest BCUT2D eigenvalue weighted by Crippen LogP contribution is -2.40. The van der Waals surface area contributed by atoms with Gasteiger partial charge in [0.05, 0.1) is 24.2 Å². The number of anilines is 1. The molecule has 0 bridgehead atoms. The Kier molecular flexibility index (Phi) is 6.00. The zero-order valence-electron chi connectivity index (χ0n) is 14.7. The highest BCUT2D eigenvalue weighted by Crippen LogP contribution is 2.22. The number of nitrogens with zero attached hydrogens (tertiary/aromatic N) is 3. The van der Waals surface area contributed by atoms with Gasteiger partial charge >= 0.3 is 0 Å². The van der Waals surface area contributed by atoms with Crippen LogP contribution >= 0.6 is 0 Å². The van der Waals surface area contributed by atoms with Crippen LogP contribution in [0.2, 0.25) is 0 Å². The summed E-state index contributed by atoms with van der Waals surface area (Å²) in [6.07, 6.45) is 4.87. The number of aryl methyl sites for hydroxylation is 2. The van der Waals surface area contributed by atoms with Gasteiger partial charge in [0.25, 0.3) is 0 Å². The number of nitrogens with one attached hydrogen (secondary N) is 2. The molecule has 1 aromatic rings. The first-order valence-corrected chi connectivity index (χ1v) is 10.1. The van der Waals surface area contributed by atoms with Crippen LogP contribution in [0.5, 0.6) is 0 Å². The number of carbonyl (C=O) groups is 1. The monoisotopic (exact) mass is 357 g/mol. The van der Waals surface area contributed by atoms with Crippen LogP contribution in [0.25, 0.3) is 0 Å². The maximum Gasteiger partial charge on any atom is 0.238 e.